The Morgan fingerprint density at radius 1 is 0.252 bits per heavy atom. The van der Waals surface area contributed by atoms with E-state index in [0.29, 0.717) is 0 Å². The number of amides is 4. The van der Waals surface area contributed by atoms with Crippen molar-refractivity contribution in [1.82, 2.24) is 21.3 Å². The van der Waals surface area contributed by atoms with Gasteiger partial charge < -0.3 is 30.7 Å². The summed E-state index contributed by atoms with van der Waals surface area (Å²) in [5, 5.41) is 30.3. The molecule has 592 valence electrons. The minimum Gasteiger partial charge on any atom is -0.467 e. The Balaban J connectivity index is 0.751. The highest BCUT2D eigenvalue weighted by Gasteiger charge is 2.56. The normalized spacial score (nSPS) is 15.4. The van der Waals surface area contributed by atoms with Gasteiger partial charge in [-0.1, -0.05) is 340 Å². The SMILES string of the molecule is COC(=O)C1(NC(=O)C2(NC(=O)C3(NC(=O)C4(NC(=O)OCC5c6ccccc6-c6ccccc65)Cc5ccc6ccccc6c5-c5c(ccc6ccccc56)C4)Cc4ccc5ccccc5c4-c4c(ccc5ccccc45)C3)Cc3ccc4ccccc4c3-c3c(ccc4ccccc34)C2)Cc2ccc3ccccc3c2-c2c(ccc3ccccc23)C1. The van der Waals surface area contributed by atoms with Crippen LogP contribution in [-0.2, 0) is 80.0 Å². The second-order valence-corrected chi connectivity index (χ2v) is 34.6. The first-order chi connectivity index (χ1) is 60.3. The Morgan fingerprint density at radius 3 is 0.699 bits per heavy atom. The fourth-order valence-electron chi connectivity index (χ4n) is 22.2. The molecule has 123 heavy (non-hydrogen) atoms. The number of hydrogen-bond acceptors (Lipinski definition) is 7. The number of methoxy groups -OCH3 is 1. The zero-order chi connectivity index (χ0) is 82.5. The van der Waals surface area contributed by atoms with E-state index in [9.17, 15) is 0 Å². The molecule has 0 bridgehead atoms. The molecule has 4 amide bonds. The number of esters is 1. The number of carbonyl (C=O) groups excluding carboxylic acids is 5. The Hall–Kier alpha value is -14.8. The summed E-state index contributed by atoms with van der Waals surface area (Å²) in [6.45, 7) is -0.0477. The smallest absolute Gasteiger partial charge is 0.408 e. The van der Waals surface area contributed by atoms with Crippen LogP contribution in [-0.4, -0.2) is 65.7 Å². The quantitative estimate of drug-likeness (QED) is 0.0995. The summed E-state index contributed by atoms with van der Waals surface area (Å²) < 4.78 is 12.8. The molecule has 0 spiro atoms. The number of carbonyl (C=O) groups is 5. The molecule has 0 saturated heterocycles. The molecule has 0 aliphatic heterocycles. The molecule has 11 nitrogen and oxygen atoms in total. The summed E-state index contributed by atoms with van der Waals surface area (Å²) in [6.07, 6.45) is -1.32. The van der Waals surface area contributed by atoms with Gasteiger partial charge in [0.1, 0.15) is 28.8 Å². The average molecular weight is 1600 g/mol. The number of alkyl carbamates (subject to hydrolysis) is 1. The van der Waals surface area contributed by atoms with Crippen LogP contribution in [0.3, 0.4) is 0 Å². The second kappa shape index (κ2) is 28.4. The molecular formula is C112H82N4O7. The maximum Gasteiger partial charge on any atom is 0.408 e. The van der Waals surface area contributed by atoms with Gasteiger partial charge in [0.15, 0.2) is 0 Å². The largest absolute Gasteiger partial charge is 0.467 e. The van der Waals surface area contributed by atoms with E-state index in [4.69, 9.17) is 9.47 Å². The lowest BCUT2D eigenvalue weighted by Gasteiger charge is -2.43. The van der Waals surface area contributed by atoms with Crippen molar-refractivity contribution in [3.63, 3.8) is 0 Å². The Bertz CT molecular complexity index is 7230. The summed E-state index contributed by atoms with van der Waals surface area (Å²) in [7, 11) is 1.38. The van der Waals surface area contributed by atoms with Crippen LogP contribution in [0.1, 0.15) is 61.6 Å². The highest BCUT2D eigenvalue weighted by Crippen LogP contribution is 2.52. The molecule has 0 heterocycles. The molecule has 0 fully saturated rings. The molecule has 4 N–H and O–H groups in total. The Morgan fingerprint density at radius 2 is 0.455 bits per heavy atom. The maximum absolute atomic E-state index is 18.8. The lowest BCUT2D eigenvalue weighted by molar-refractivity contribution is -0.152. The van der Waals surface area contributed by atoms with Crippen molar-refractivity contribution < 1.29 is 33.4 Å². The van der Waals surface area contributed by atoms with Gasteiger partial charge in [-0.15, -0.1) is 0 Å². The summed E-state index contributed by atoms with van der Waals surface area (Å²) >= 11 is 0. The highest BCUT2D eigenvalue weighted by atomic mass is 16.5. The third-order valence-corrected chi connectivity index (χ3v) is 27.7. The third kappa shape index (κ3) is 11.7. The first-order valence-corrected chi connectivity index (χ1v) is 42.6. The molecule has 0 aromatic heterocycles. The van der Waals surface area contributed by atoms with Crippen LogP contribution < -0.4 is 21.3 Å². The number of nitrogens with one attached hydrogen (secondary N) is 4. The fraction of sp³-hybridized carbons (Fsp3) is 0.134. The second-order valence-electron chi connectivity index (χ2n) is 34.6. The van der Waals surface area contributed by atoms with Crippen molar-refractivity contribution in [2.75, 3.05) is 13.7 Å². The minimum absolute atomic E-state index is 0.00709. The number of fused-ring (bicyclic) bond motifs is 31. The minimum atomic E-state index is -2.07. The van der Waals surface area contributed by atoms with Crippen LogP contribution in [0.15, 0.2) is 340 Å². The van der Waals surface area contributed by atoms with Gasteiger partial charge >= 0.3 is 12.1 Å². The number of benzene rings is 18. The van der Waals surface area contributed by atoms with E-state index in [0.717, 1.165) is 197 Å². The monoisotopic (exact) mass is 1590 g/mol. The molecule has 5 aliphatic rings. The van der Waals surface area contributed by atoms with Crippen LogP contribution in [0.5, 0.6) is 0 Å². The third-order valence-electron chi connectivity index (χ3n) is 27.7. The molecular weight excluding hydrogens is 1510 g/mol. The molecule has 11 heteroatoms. The highest BCUT2D eigenvalue weighted by molar-refractivity contribution is 6.15. The molecule has 0 atom stereocenters. The summed E-state index contributed by atoms with van der Waals surface area (Å²) in [6, 6.07) is 116. The van der Waals surface area contributed by atoms with Gasteiger partial charge in [0.05, 0.1) is 7.11 Å². The van der Waals surface area contributed by atoms with Crippen molar-refractivity contribution >= 4 is 116 Å². The average Bonchev–Trinajstić information content (AvgIpc) is 1.58. The first kappa shape index (κ1) is 73.3. The predicted octanol–water partition coefficient (Wildman–Crippen LogP) is 22.1. The van der Waals surface area contributed by atoms with Gasteiger partial charge in [-0.3, -0.25) is 14.4 Å². The Labute approximate surface area is 710 Å². The number of hydrogen-bond donors (Lipinski definition) is 4. The summed E-state index contributed by atoms with van der Waals surface area (Å²) in [5.41, 5.74) is 10.0. The maximum atomic E-state index is 18.8. The molecule has 5 aliphatic carbocycles. The summed E-state index contributed by atoms with van der Waals surface area (Å²) in [4.78, 5) is 87.7. The van der Waals surface area contributed by atoms with Crippen LogP contribution >= 0.6 is 0 Å². The van der Waals surface area contributed by atoms with E-state index in [1.165, 1.54) is 7.11 Å². The van der Waals surface area contributed by atoms with Gasteiger partial charge in [0.25, 0.3) is 0 Å². The molecule has 18 aromatic carbocycles. The molecule has 18 aromatic rings. The van der Waals surface area contributed by atoms with E-state index in [2.05, 4.69) is 240 Å². The topological polar surface area (TPSA) is 152 Å². The Kier molecular flexibility index (Phi) is 17.0. The van der Waals surface area contributed by atoms with Crippen LogP contribution in [0.4, 0.5) is 4.79 Å². The number of ether oxygens (including phenoxy) is 2. The molecule has 0 saturated carbocycles. The van der Waals surface area contributed by atoms with Gasteiger partial charge in [-0.2, -0.15) is 0 Å². The van der Waals surface area contributed by atoms with Gasteiger partial charge in [-0.05, 0) is 197 Å². The lowest BCUT2D eigenvalue weighted by Crippen LogP contribution is -2.73. The van der Waals surface area contributed by atoms with Crippen molar-refractivity contribution in [2.45, 2.75) is 79.4 Å². The summed E-state index contributed by atoms with van der Waals surface area (Å²) in [5.74, 6) is -2.93. The zero-order valence-electron chi connectivity index (χ0n) is 67.6. The molecule has 0 unspecified atom stereocenters. The zero-order valence-corrected chi connectivity index (χ0v) is 67.6. The first-order valence-electron chi connectivity index (χ1n) is 42.6. The molecule has 23 rings (SSSR count). The van der Waals surface area contributed by atoms with Crippen LogP contribution in [0.25, 0.3) is 142 Å². The van der Waals surface area contributed by atoms with Crippen molar-refractivity contribution in [1.29, 1.82) is 0 Å². The number of rotatable bonds is 10. The van der Waals surface area contributed by atoms with Gasteiger partial charge in [-0.25, -0.2) is 9.59 Å². The van der Waals surface area contributed by atoms with Crippen molar-refractivity contribution in [3.05, 3.63) is 395 Å². The van der Waals surface area contributed by atoms with Crippen LogP contribution in [0.2, 0.25) is 0 Å². The van der Waals surface area contributed by atoms with E-state index < -0.39 is 51.9 Å². The van der Waals surface area contributed by atoms with E-state index >= 15 is 24.0 Å². The molecule has 0 radical (unpaired) electrons. The fourth-order valence-corrected chi connectivity index (χ4v) is 22.2. The van der Waals surface area contributed by atoms with Gasteiger partial charge in [0.2, 0.25) is 17.7 Å². The van der Waals surface area contributed by atoms with Crippen molar-refractivity contribution in [3.8, 4) is 55.6 Å². The van der Waals surface area contributed by atoms with E-state index in [-0.39, 0.29) is 63.9 Å². The van der Waals surface area contributed by atoms with E-state index in [1.807, 2.05) is 121 Å². The van der Waals surface area contributed by atoms with Crippen LogP contribution in [0, 0.1) is 0 Å². The standard InChI is InChI=1S/C112H82N4O7/c1-122-107(120)112(64-81-56-48-73-28-8-16-36-89(73)102(81)103-82(65-112)57-49-74-29-9-17-37-90(74)103)115-105(118)110(60-77-52-44-69-24-4-12-32-85(69)98(77)99-78(61-110)53-45-70-25-5-13-33-86(70)99)113-104(117)109(58-75-50-42-67-22-2-10-30-83(67)96(75)97-76(59-109)51-43-68-23-3-11-31-84(68)97)114-106(119)111(116-108(121)123-66-95-93-40-20-18-38-91(93)92-39-19-21-41-94(92)95)62-79-54-46-71-26-6-14-34-87(71)100(79)101-80(63-111)55-47-72-27-7-15-35-88(72)101/h2-57,95H,58-66H2,1H3,(H,113,117)(H,114,119)(H,115,118)(H,116,121). The van der Waals surface area contributed by atoms with Gasteiger partial charge in [0, 0.05) is 57.3 Å². The lowest BCUT2D eigenvalue weighted by atomic mass is 9.78. The van der Waals surface area contributed by atoms with Crippen molar-refractivity contribution in [2.24, 2.45) is 0 Å². The predicted molar refractivity (Wildman–Crippen MR) is 493 cm³/mol. The van der Waals surface area contributed by atoms with E-state index in [1.54, 1.807) is 0 Å².